The van der Waals surface area contributed by atoms with E-state index in [1.165, 1.54) is 0 Å². The molecule has 0 saturated heterocycles. The van der Waals surface area contributed by atoms with Gasteiger partial charge in [0.25, 0.3) is 0 Å². The number of anilines is 1. The van der Waals surface area contributed by atoms with Gasteiger partial charge in [-0.15, -0.1) is 0 Å². The molecule has 1 aliphatic heterocycles. The summed E-state index contributed by atoms with van der Waals surface area (Å²) in [5.74, 6) is 0.0493. The fourth-order valence-electron chi connectivity index (χ4n) is 2.44. The second-order valence-corrected chi connectivity index (χ2v) is 4.95. The second-order valence-electron chi connectivity index (χ2n) is 4.95. The number of benzene rings is 1. The number of fused-ring (bicyclic) bond motifs is 1. The summed E-state index contributed by atoms with van der Waals surface area (Å²) in [5, 5.41) is 14.9. The molecule has 2 rings (SSSR count). The van der Waals surface area contributed by atoms with Gasteiger partial charge in [-0.3, -0.25) is 4.79 Å². The quantitative estimate of drug-likeness (QED) is 0.657. The van der Waals surface area contributed by atoms with Gasteiger partial charge >= 0.3 is 0 Å². The van der Waals surface area contributed by atoms with Crippen molar-refractivity contribution in [3.05, 3.63) is 29.8 Å². The molecule has 1 unspecified atom stereocenters. The topological polar surface area (TPSA) is 61.4 Å². The van der Waals surface area contributed by atoms with E-state index in [4.69, 9.17) is 5.11 Å². The Morgan fingerprint density at radius 2 is 2.05 bits per heavy atom. The molecule has 0 bridgehead atoms. The normalized spacial score (nSPS) is 16.8. The van der Waals surface area contributed by atoms with Crippen LogP contribution in [-0.4, -0.2) is 30.7 Å². The molecule has 1 aliphatic rings. The number of rotatable bonds is 7. The van der Waals surface area contributed by atoms with Crippen molar-refractivity contribution in [1.82, 2.24) is 5.32 Å². The average molecular weight is 262 g/mol. The maximum atomic E-state index is 12.1. The number of nitrogens with one attached hydrogen (secondary N) is 2. The summed E-state index contributed by atoms with van der Waals surface area (Å²) in [6.07, 6.45) is 3.92. The van der Waals surface area contributed by atoms with E-state index in [1.807, 2.05) is 24.3 Å². The standard InChI is InChI=1S/C15H22N2O2/c18-10-6-2-1-5-9-16-15(19)13-11-17-14-8-4-3-7-12(13)14/h3-4,7-8,13,17-18H,1-2,5-6,9-11H2,(H,16,19). The monoisotopic (exact) mass is 262 g/mol. The first-order chi connectivity index (χ1) is 9.33. The van der Waals surface area contributed by atoms with Gasteiger partial charge in [-0.1, -0.05) is 31.0 Å². The highest BCUT2D eigenvalue weighted by molar-refractivity contribution is 5.88. The lowest BCUT2D eigenvalue weighted by Crippen LogP contribution is -2.31. The van der Waals surface area contributed by atoms with Crippen LogP contribution in [0.2, 0.25) is 0 Å². The molecule has 0 aliphatic carbocycles. The first-order valence-corrected chi connectivity index (χ1v) is 7.04. The second kappa shape index (κ2) is 7.14. The molecular weight excluding hydrogens is 240 g/mol. The lowest BCUT2D eigenvalue weighted by Gasteiger charge is -2.11. The van der Waals surface area contributed by atoms with Gasteiger partial charge in [-0.25, -0.2) is 0 Å². The molecule has 0 fully saturated rings. The van der Waals surface area contributed by atoms with Crippen LogP contribution in [-0.2, 0) is 4.79 Å². The van der Waals surface area contributed by atoms with Gasteiger partial charge in [0.1, 0.15) is 0 Å². The van der Waals surface area contributed by atoms with Gasteiger partial charge in [0.2, 0.25) is 5.91 Å². The lowest BCUT2D eigenvalue weighted by molar-refractivity contribution is -0.122. The number of hydrogen-bond acceptors (Lipinski definition) is 3. The third kappa shape index (κ3) is 3.70. The molecule has 1 heterocycles. The van der Waals surface area contributed by atoms with Gasteiger partial charge in [-0.05, 0) is 24.5 Å². The minimum absolute atomic E-state index is 0.0614. The van der Waals surface area contributed by atoms with Crippen molar-refractivity contribution in [3.63, 3.8) is 0 Å². The molecule has 4 nitrogen and oxygen atoms in total. The fourth-order valence-corrected chi connectivity index (χ4v) is 2.44. The largest absolute Gasteiger partial charge is 0.396 e. The molecule has 0 radical (unpaired) electrons. The number of amides is 1. The average Bonchev–Trinajstić information content (AvgIpc) is 2.86. The summed E-state index contributed by atoms with van der Waals surface area (Å²) in [4.78, 5) is 12.1. The van der Waals surface area contributed by atoms with Crippen molar-refractivity contribution >= 4 is 11.6 Å². The smallest absolute Gasteiger partial charge is 0.229 e. The van der Waals surface area contributed by atoms with Crippen LogP contribution in [0.3, 0.4) is 0 Å². The lowest BCUT2D eigenvalue weighted by atomic mass is 10.0. The van der Waals surface area contributed by atoms with Crippen LogP contribution in [0.1, 0.15) is 37.2 Å². The predicted molar refractivity (Wildman–Crippen MR) is 76.2 cm³/mol. The maximum absolute atomic E-state index is 12.1. The third-order valence-electron chi connectivity index (χ3n) is 3.53. The molecule has 1 aromatic carbocycles. The van der Waals surface area contributed by atoms with Gasteiger partial charge in [-0.2, -0.15) is 0 Å². The summed E-state index contributed by atoms with van der Waals surface area (Å²) in [6.45, 7) is 1.68. The van der Waals surface area contributed by atoms with Crippen molar-refractivity contribution in [3.8, 4) is 0 Å². The minimum Gasteiger partial charge on any atom is -0.396 e. The zero-order chi connectivity index (χ0) is 13.5. The van der Waals surface area contributed by atoms with E-state index in [-0.39, 0.29) is 18.4 Å². The number of aliphatic hydroxyl groups is 1. The van der Waals surface area contributed by atoms with Crippen molar-refractivity contribution in [2.75, 3.05) is 25.0 Å². The highest BCUT2D eigenvalue weighted by Gasteiger charge is 2.27. The number of hydrogen-bond donors (Lipinski definition) is 3. The molecule has 104 valence electrons. The molecule has 0 spiro atoms. The Balaban J connectivity index is 1.73. The van der Waals surface area contributed by atoms with Crippen LogP contribution in [0, 0.1) is 0 Å². The van der Waals surface area contributed by atoms with Gasteiger partial charge < -0.3 is 15.7 Å². The molecule has 1 atom stereocenters. The number of carbonyl (C=O) groups is 1. The van der Waals surface area contributed by atoms with Crippen LogP contribution in [0.25, 0.3) is 0 Å². The van der Waals surface area contributed by atoms with Crippen molar-refractivity contribution in [2.24, 2.45) is 0 Å². The summed E-state index contributed by atoms with van der Waals surface area (Å²) < 4.78 is 0. The van der Waals surface area contributed by atoms with Crippen LogP contribution in [0.4, 0.5) is 5.69 Å². The van der Waals surface area contributed by atoms with E-state index in [0.717, 1.165) is 43.5 Å². The zero-order valence-corrected chi connectivity index (χ0v) is 11.2. The summed E-state index contributed by atoms with van der Waals surface area (Å²) in [7, 11) is 0. The minimum atomic E-state index is -0.0614. The molecule has 19 heavy (non-hydrogen) atoms. The molecule has 0 saturated carbocycles. The van der Waals surface area contributed by atoms with Crippen molar-refractivity contribution in [2.45, 2.75) is 31.6 Å². The molecule has 1 amide bonds. The predicted octanol–water partition coefficient (Wildman–Crippen LogP) is 1.86. The van der Waals surface area contributed by atoms with E-state index in [9.17, 15) is 4.79 Å². The van der Waals surface area contributed by atoms with Crippen LogP contribution in [0.5, 0.6) is 0 Å². The van der Waals surface area contributed by atoms with Crippen molar-refractivity contribution < 1.29 is 9.90 Å². The highest BCUT2D eigenvalue weighted by Crippen LogP contribution is 2.30. The number of carbonyl (C=O) groups excluding carboxylic acids is 1. The first kappa shape index (κ1) is 13.9. The fraction of sp³-hybridized carbons (Fsp3) is 0.533. The Labute approximate surface area is 114 Å². The van der Waals surface area contributed by atoms with Crippen LogP contribution < -0.4 is 10.6 Å². The highest BCUT2D eigenvalue weighted by atomic mass is 16.2. The molecule has 0 aromatic heterocycles. The van der Waals surface area contributed by atoms with Gasteiger partial charge in [0, 0.05) is 25.4 Å². The van der Waals surface area contributed by atoms with Crippen molar-refractivity contribution in [1.29, 1.82) is 0 Å². The Bertz CT molecular complexity index is 420. The Morgan fingerprint density at radius 3 is 2.89 bits per heavy atom. The summed E-state index contributed by atoms with van der Waals surface area (Å²) in [5.41, 5.74) is 2.17. The number of unbranched alkanes of at least 4 members (excludes halogenated alkanes) is 3. The molecule has 1 aromatic rings. The summed E-state index contributed by atoms with van der Waals surface area (Å²) in [6, 6.07) is 7.98. The van der Waals surface area contributed by atoms with E-state index >= 15 is 0 Å². The van der Waals surface area contributed by atoms with Gasteiger partial charge in [0.15, 0.2) is 0 Å². The Hall–Kier alpha value is -1.55. The Morgan fingerprint density at radius 1 is 1.26 bits per heavy atom. The van der Waals surface area contributed by atoms with Crippen LogP contribution >= 0.6 is 0 Å². The maximum Gasteiger partial charge on any atom is 0.229 e. The van der Waals surface area contributed by atoms with E-state index in [2.05, 4.69) is 10.6 Å². The molecule has 4 heteroatoms. The van der Waals surface area contributed by atoms with E-state index in [0.29, 0.717) is 6.54 Å². The van der Waals surface area contributed by atoms with Gasteiger partial charge in [0.05, 0.1) is 5.92 Å². The number of aliphatic hydroxyl groups excluding tert-OH is 1. The zero-order valence-electron chi connectivity index (χ0n) is 11.2. The summed E-state index contributed by atoms with van der Waals surface area (Å²) >= 11 is 0. The SMILES string of the molecule is O=C(NCCCCCCO)C1CNc2ccccc21. The van der Waals surface area contributed by atoms with E-state index < -0.39 is 0 Å². The van der Waals surface area contributed by atoms with E-state index in [1.54, 1.807) is 0 Å². The molecular formula is C15H22N2O2. The van der Waals surface area contributed by atoms with Crippen LogP contribution in [0.15, 0.2) is 24.3 Å². The Kier molecular flexibility index (Phi) is 5.21. The third-order valence-corrected chi connectivity index (χ3v) is 3.53. The first-order valence-electron chi connectivity index (χ1n) is 7.04. The number of para-hydroxylation sites is 1. The molecule has 3 N–H and O–H groups in total.